The van der Waals surface area contributed by atoms with Crippen molar-refractivity contribution in [1.29, 1.82) is 0 Å². The number of aliphatic carboxylic acids is 1. The summed E-state index contributed by atoms with van der Waals surface area (Å²) in [6.07, 6.45) is 2.19. The van der Waals surface area contributed by atoms with Crippen molar-refractivity contribution in [1.82, 2.24) is 4.90 Å². The SMILES string of the molecule is CC(C)(C(=O)O)C1CCCN(C(=O)C2(N)CCOC2)C1. The molecule has 114 valence electrons. The van der Waals surface area contributed by atoms with E-state index in [1.165, 1.54) is 0 Å². The molecular weight excluding hydrogens is 260 g/mol. The molecular formula is C14H24N2O4. The van der Waals surface area contributed by atoms with Crippen LogP contribution in [0.15, 0.2) is 0 Å². The van der Waals surface area contributed by atoms with Crippen molar-refractivity contribution in [2.75, 3.05) is 26.3 Å². The lowest BCUT2D eigenvalue weighted by Crippen LogP contribution is -2.58. The molecule has 2 fully saturated rings. The maximum atomic E-state index is 12.5. The molecule has 0 aromatic heterocycles. The zero-order valence-electron chi connectivity index (χ0n) is 12.2. The largest absolute Gasteiger partial charge is 0.481 e. The predicted molar refractivity (Wildman–Crippen MR) is 73.1 cm³/mol. The van der Waals surface area contributed by atoms with Gasteiger partial charge in [-0.2, -0.15) is 0 Å². The van der Waals surface area contributed by atoms with E-state index in [2.05, 4.69) is 0 Å². The smallest absolute Gasteiger partial charge is 0.309 e. The molecule has 6 nitrogen and oxygen atoms in total. The molecule has 2 unspecified atom stereocenters. The van der Waals surface area contributed by atoms with Crippen molar-refractivity contribution >= 4 is 11.9 Å². The Labute approximate surface area is 119 Å². The van der Waals surface area contributed by atoms with Gasteiger partial charge in [0.25, 0.3) is 0 Å². The summed E-state index contributed by atoms with van der Waals surface area (Å²) in [6.45, 7) is 5.35. The number of nitrogens with zero attached hydrogens (tertiary/aromatic N) is 1. The molecule has 0 spiro atoms. The minimum atomic E-state index is -0.921. The number of hydrogen-bond acceptors (Lipinski definition) is 4. The fraction of sp³-hybridized carbons (Fsp3) is 0.857. The van der Waals surface area contributed by atoms with E-state index in [0.717, 1.165) is 12.8 Å². The zero-order chi connectivity index (χ0) is 15.0. The molecule has 2 heterocycles. The van der Waals surface area contributed by atoms with Gasteiger partial charge in [0.1, 0.15) is 5.54 Å². The standard InChI is InChI=1S/C14H24N2O4/c1-13(2,12(18)19)10-4-3-6-16(8-10)11(17)14(15)5-7-20-9-14/h10H,3-9,15H2,1-2H3,(H,18,19). The Kier molecular flexibility index (Phi) is 4.07. The van der Waals surface area contributed by atoms with Gasteiger partial charge in [-0.25, -0.2) is 0 Å². The molecule has 1 amide bonds. The molecule has 0 radical (unpaired) electrons. The first-order valence-corrected chi connectivity index (χ1v) is 7.17. The second-order valence-corrected chi connectivity index (χ2v) is 6.58. The maximum absolute atomic E-state index is 12.5. The molecule has 0 aromatic rings. The molecule has 0 aromatic carbocycles. The van der Waals surface area contributed by atoms with Crippen molar-refractivity contribution in [3.05, 3.63) is 0 Å². The van der Waals surface area contributed by atoms with Gasteiger partial charge in [-0.05, 0) is 39.0 Å². The number of piperidine rings is 1. The van der Waals surface area contributed by atoms with E-state index in [1.54, 1.807) is 18.7 Å². The summed E-state index contributed by atoms with van der Waals surface area (Å²) in [4.78, 5) is 25.6. The van der Waals surface area contributed by atoms with Crippen LogP contribution in [0.4, 0.5) is 0 Å². The third-order valence-corrected chi connectivity index (χ3v) is 4.76. The predicted octanol–water partition coefficient (Wildman–Crippen LogP) is 0.454. The van der Waals surface area contributed by atoms with E-state index in [0.29, 0.717) is 26.1 Å². The van der Waals surface area contributed by atoms with Crippen LogP contribution >= 0.6 is 0 Å². The lowest BCUT2D eigenvalue weighted by Gasteiger charge is -2.41. The Hall–Kier alpha value is -1.14. The second kappa shape index (κ2) is 5.33. The van der Waals surface area contributed by atoms with Crippen LogP contribution in [0.2, 0.25) is 0 Å². The fourth-order valence-corrected chi connectivity index (χ4v) is 2.99. The van der Waals surface area contributed by atoms with Crippen LogP contribution < -0.4 is 5.73 Å². The third kappa shape index (κ3) is 2.67. The maximum Gasteiger partial charge on any atom is 0.309 e. The molecule has 2 atom stereocenters. The molecule has 0 bridgehead atoms. The molecule has 6 heteroatoms. The van der Waals surface area contributed by atoms with Gasteiger partial charge in [-0.3, -0.25) is 9.59 Å². The average Bonchev–Trinajstić information content (AvgIpc) is 2.86. The van der Waals surface area contributed by atoms with Crippen molar-refractivity contribution < 1.29 is 19.4 Å². The van der Waals surface area contributed by atoms with E-state index in [9.17, 15) is 14.7 Å². The summed E-state index contributed by atoms with van der Waals surface area (Å²) >= 11 is 0. The zero-order valence-corrected chi connectivity index (χ0v) is 12.2. The highest BCUT2D eigenvalue weighted by molar-refractivity contribution is 5.87. The van der Waals surface area contributed by atoms with Gasteiger partial charge in [0.2, 0.25) is 5.91 Å². The van der Waals surface area contributed by atoms with Crippen LogP contribution in [0.1, 0.15) is 33.1 Å². The Morgan fingerprint density at radius 1 is 1.45 bits per heavy atom. The Morgan fingerprint density at radius 3 is 2.70 bits per heavy atom. The van der Waals surface area contributed by atoms with Crippen molar-refractivity contribution in [3.63, 3.8) is 0 Å². The number of likely N-dealkylation sites (tertiary alicyclic amines) is 1. The number of carbonyl (C=O) groups is 2. The fourth-order valence-electron chi connectivity index (χ4n) is 2.99. The third-order valence-electron chi connectivity index (χ3n) is 4.76. The summed E-state index contributed by atoms with van der Waals surface area (Å²) in [5.41, 5.74) is 4.37. The molecule has 2 rings (SSSR count). The highest BCUT2D eigenvalue weighted by Gasteiger charge is 2.45. The number of carboxylic acids is 1. The molecule has 2 aliphatic rings. The van der Waals surface area contributed by atoms with Crippen LogP contribution in [0.25, 0.3) is 0 Å². The Balaban J connectivity index is 2.07. The van der Waals surface area contributed by atoms with E-state index in [-0.39, 0.29) is 18.4 Å². The molecule has 3 N–H and O–H groups in total. The van der Waals surface area contributed by atoms with Crippen LogP contribution in [-0.4, -0.2) is 53.7 Å². The number of carbonyl (C=O) groups excluding carboxylic acids is 1. The average molecular weight is 284 g/mol. The van der Waals surface area contributed by atoms with Crippen molar-refractivity contribution in [3.8, 4) is 0 Å². The minimum absolute atomic E-state index is 0.0383. The van der Waals surface area contributed by atoms with Gasteiger partial charge >= 0.3 is 5.97 Å². The normalized spacial score (nSPS) is 31.4. The molecule has 20 heavy (non-hydrogen) atoms. The van der Waals surface area contributed by atoms with E-state index < -0.39 is 16.9 Å². The van der Waals surface area contributed by atoms with Gasteiger partial charge in [0.15, 0.2) is 0 Å². The summed E-state index contributed by atoms with van der Waals surface area (Å²) in [5.74, 6) is -0.951. The molecule has 0 saturated carbocycles. The summed E-state index contributed by atoms with van der Waals surface area (Å²) < 4.78 is 5.24. The Bertz CT molecular complexity index is 402. The number of ether oxygens (including phenoxy) is 1. The van der Waals surface area contributed by atoms with Crippen LogP contribution in [-0.2, 0) is 14.3 Å². The van der Waals surface area contributed by atoms with E-state index in [4.69, 9.17) is 10.5 Å². The van der Waals surface area contributed by atoms with Crippen LogP contribution in [0.3, 0.4) is 0 Å². The first kappa shape index (κ1) is 15.3. The van der Waals surface area contributed by atoms with E-state index >= 15 is 0 Å². The van der Waals surface area contributed by atoms with E-state index in [1.807, 2.05) is 0 Å². The monoisotopic (exact) mass is 284 g/mol. The lowest BCUT2D eigenvalue weighted by atomic mass is 9.74. The highest BCUT2D eigenvalue weighted by Crippen LogP contribution is 2.35. The summed E-state index contributed by atoms with van der Waals surface area (Å²) in [7, 11) is 0. The summed E-state index contributed by atoms with van der Waals surface area (Å²) in [5, 5.41) is 9.33. The minimum Gasteiger partial charge on any atom is -0.481 e. The first-order chi connectivity index (χ1) is 9.27. The van der Waals surface area contributed by atoms with Gasteiger partial charge in [-0.15, -0.1) is 0 Å². The van der Waals surface area contributed by atoms with Gasteiger partial charge in [0, 0.05) is 19.7 Å². The highest BCUT2D eigenvalue weighted by atomic mass is 16.5. The van der Waals surface area contributed by atoms with Gasteiger partial charge in [0.05, 0.1) is 12.0 Å². The van der Waals surface area contributed by atoms with Gasteiger partial charge in [-0.1, -0.05) is 0 Å². The number of amides is 1. The second-order valence-electron chi connectivity index (χ2n) is 6.58. The van der Waals surface area contributed by atoms with Crippen LogP contribution in [0, 0.1) is 11.3 Å². The Morgan fingerprint density at radius 2 is 2.15 bits per heavy atom. The molecule has 0 aliphatic carbocycles. The lowest BCUT2D eigenvalue weighted by molar-refractivity contribution is -0.154. The van der Waals surface area contributed by atoms with Gasteiger partial charge < -0.3 is 20.5 Å². The topological polar surface area (TPSA) is 92.9 Å². The number of rotatable bonds is 3. The number of hydrogen-bond donors (Lipinski definition) is 2. The number of nitrogens with two attached hydrogens (primary N) is 1. The quantitative estimate of drug-likeness (QED) is 0.785. The van der Waals surface area contributed by atoms with Crippen molar-refractivity contribution in [2.24, 2.45) is 17.1 Å². The molecule has 2 aliphatic heterocycles. The number of carboxylic acid groups (broad SMARTS) is 1. The summed E-state index contributed by atoms with van der Waals surface area (Å²) in [6, 6.07) is 0. The first-order valence-electron chi connectivity index (χ1n) is 7.17. The molecule has 2 saturated heterocycles. The van der Waals surface area contributed by atoms with Crippen LogP contribution in [0.5, 0.6) is 0 Å². The van der Waals surface area contributed by atoms with Crippen molar-refractivity contribution in [2.45, 2.75) is 38.6 Å².